The monoisotopic (exact) mass is 565 g/mol. The summed E-state index contributed by atoms with van der Waals surface area (Å²) in [4.78, 5) is 4.80. The van der Waals surface area contributed by atoms with Crippen molar-refractivity contribution in [2.75, 3.05) is 24.6 Å². The Balaban J connectivity index is 0.954. The van der Waals surface area contributed by atoms with Gasteiger partial charge in [0.25, 0.3) is 0 Å². The Kier molecular flexibility index (Phi) is 9.84. The van der Waals surface area contributed by atoms with Crippen molar-refractivity contribution in [2.45, 2.75) is 25.9 Å². The van der Waals surface area contributed by atoms with E-state index < -0.39 is 0 Å². The Labute approximate surface area is 245 Å². The van der Waals surface area contributed by atoms with Gasteiger partial charge in [0.15, 0.2) is 0 Å². The van der Waals surface area contributed by atoms with E-state index in [9.17, 15) is 0 Å². The number of anilines is 2. The standard InChI is InChI=1S/C33H35N5O2S/c34-26-5-13-31(14-6-26)39-29-9-1-24(2-10-29)21-36-19-17-28-23-41-33(38-28)18-20-37-22-25-3-11-30(12-4-25)40-32-15-7-27(35)8-16-32/h1-16,23,36-37H,17-22,34-35H2. The van der Waals surface area contributed by atoms with Crippen molar-refractivity contribution in [3.05, 3.63) is 124 Å². The van der Waals surface area contributed by atoms with Crippen LogP contribution in [0.4, 0.5) is 11.4 Å². The van der Waals surface area contributed by atoms with Crippen molar-refractivity contribution >= 4 is 22.7 Å². The topological polar surface area (TPSA) is 107 Å². The molecule has 0 unspecified atom stereocenters. The number of ether oxygens (including phenoxy) is 2. The fourth-order valence-electron chi connectivity index (χ4n) is 4.15. The smallest absolute Gasteiger partial charge is 0.127 e. The summed E-state index contributed by atoms with van der Waals surface area (Å²) in [5.74, 6) is 3.16. The number of aromatic nitrogens is 1. The van der Waals surface area contributed by atoms with Gasteiger partial charge in [-0.05, 0) is 83.9 Å². The minimum Gasteiger partial charge on any atom is -0.457 e. The highest BCUT2D eigenvalue weighted by Crippen LogP contribution is 2.24. The van der Waals surface area contributed by atoms with Gasteiger partial charge in [-0.25, -0.2) is 4.98 Å². The number of nitrogens with one attached hydrogen (secondary N) is 2. The van der Waals surface area contributed by atoms with E-state index in [0.29, 0.717) is 0 Å². The average molecular weight is 566 g/mol. The molecule has 0 spiro atoms. The SMILES string of the molecule is Nc1ccc(Oc2ccc(CNCCc3csc(CCNCc4ccc(Oc5ccc(N)cc5)cc4)n3)cc2)cc1. The normalized spacial score (nSPS) is 10.9. The molecule has 5 rings (SSSR count). The zero-order chi connectivity index (χ0) is 28.3. The van der Waals surface area contributed by atoms with E-state index in [4.69, 9.17) is 25.9 Å². The van der Waals surface area contributed by atoms with Gasteiger partial charge in [0, 0.05) is 55.8 Å². The third-order valence-corrected chi connectivity index (χ3v) is 7.37. The number of nitrogen functional groups attached to an aromatic ring is 2. The lowest BCUT2D eigenvalue weighted by molar-refractivity contribution is 0.482. The molecule has 5 aromatic rings. The number of nitrogens with zero attached hydrogens (tertiary/aromatic N) is 1. The van der Waals surface area contributed by atoms with Crippen LogP contribution in [-0.2, 0) is 25.9 Å². The van der Waals surface area contributed by atoms with Gasteiger partial charge in [-0.1, -0.05) is 24.3 Å². The van der Waals surface area contributed by atoms with E-state index in [1.54, 1.807) is 11.3 Å². The van der Waals surface area contributed by atoms with Crippen LogP contribution in [0.1, 0.15) is 21.8 Å². The number of hydrogen-bond donors (Lipinski definition) is 4. The largest absolute Gasteiger partial charge is 0.457 e. The first-order valence-electron chi connectivity index (χ1n) is 13.7. The van der Waals surface area contributed by atoms with Crippen LogP contribution in [0.15, 0.2) is 102 Å². The van der Waals surface area contributed by atoms with E-state index in [0.717, 1.165) is 84.1 Å². The van der Waals surface area contributed by atoms with Gasteiger partial charge in [0.05, 0.1) is 10.7 Å². The number of nitrogens with two attached hydrogens (primary N) is 2. The average Bonchev–Trinajstić information content (AvgIpc) is 3.45. The van der Waals surface area contributed by atoms with Gasteiger partial charge in [-0.15, -0.1) is 11.3 Å². The van der Waals surface area contributed by atoms with Gasteiger partial charge < -0.3 is 31.6 Å². The molecular formula is C33H35N5O2S. The van der Waals surface area contributed by atoms with Crippen molar-refractivity contribution in [3.63, 3.8) is 0 Å². The predicted molar refractivity (Wildman–Crippen MR) is 168 cm³/mol. The Morgan fingerprint density at radius 1 is 0.561 bits per heavy atom. The summed E-state index contributed by atoms with van der Waals surface area (Å²) in [6.07, 6.45) is 1.83. The first-order valence-corrected chi connectivity index (χ1v) is 14.6. The molecule has 210 valence electrons. The van der Waals surface area contributed by atoms with Crippen molar-refractivity contribution < 1.29 is 9.47 Å². The lowest BCUT2D eigenvalue weighted by Gasteiger charge is -2.08. The molecule has 0 saturated carbocycles. The van der Waals surface area contributed by atoms with Crippen molar-refractivity contribution in [2.24, 2.45) is 0 Å². The summed E-state index contributed by atoms with van der Waals surface area (Å²) in [6, 6.07) is 31.1. The van der Waals surface area contributed by atoms with Gasteiger partial charge >= 0.3 is 0 Å². The molecule has 0 fully saturated rings. The van der Waals surface area contributed by atoms with Crippen LogP contribution in [0.25, 0.3) is 0 Å². The van der Waals surface area contributed by atoms with E-state index in [-0.39, 0.29) is 0 Å². The Morgan fingerprint density at radius 3 is 1.44 bits per heavy atom. The fourth-order valence-corrected chi connectivity index (χ4v) is 4.98. The first kappa shape index (κ1) is 28.2. The highest BCUT2D eigenvalue weighted by atomic mass is 32.1. The Bertz CT molecular complexity index is 1370. The van der Waals surface area contributed by atoms with E-state index in [2.05, 4.69) is 40.3 Å². The Morgan fingerprint density at radius 2 is 0.976 bits per heavy atom. The maximum absolute atomic E-state index is 5.86. The van der Waals surface area contributed by atoms with Crippen LogP contribution >= 0.6 is 11.3 Å². The number of thiazole rings is 1. The zero-order valence-electron chi connectivity index (χ0n) is 22.9. The Hall–Kier alpha value is -4.37. The van der Waals surface area contributed by atoms with Crippen LogP contribution < -0.4 is 31.6 Å². The van der Waals surface area contributed by atoms with Gasteiger partial charge in [0.2, 0.25) is 0 Å². The maximum Gasteiger partial charge on any atom is 0.127 e. The predicted octanol–water partition coefficient (Wildman–Crippen LogP) is 6.56. The molecular weight excluding hydrogens is 530 g/mol. The summed E-state index contributed by atoms with van der Waals surface area (Å²) in [6.45, 7) is 3.37. The molecule has 0 amide bonds. The maximum atomic E-state index is 5.86. The third-order valence-electron chi connectivity index (χ3n) is 6.41. The fraction of sp³-hybridized carbons (Fsp3) is 0.182. The molecule has 1 heterocycles. The van der Waals surface area contributed by atoms with Crippen molar-refractivity contribution in [1.82, 2.24) is 15.6 Å². The molecule has 4 aromatic carbocycles. The van der Waals surface area contributed by atoms with Crippen LogP contribution in [-0.4, -0.2) is 18.1 Å². The van der Waals surface area contributed by atoms with Gasteiger partial charge in [-0.2, -0.15) is 0 Å². The van der Waals surface area contributed by atoms with E-state index in [1.807, 2.05) is 72.8 Å². The molecule has 0 atom stereocenters. The van der Waals surface area contributed by atoms with Crippen molar-refractivity contribution in [1.29, 1.82) is 0 Å². The molecule has 6 N–H and O–H groups in total. The lowest BCUT2D eigenvalue weighted by atomic mass is 10.2. The second-order valence-electron chi connectivity index (χ2n) is 9.72. The van der Waals surface area contributed by atoms with Crippen molar-refractivity contribution in [3.8, 4) is 23.0 Å². The highest BCUT2D eigenvalue weighted by Gasteiger charge is 2.04. The zero-order valence-corrected chi connectivity index (χ0v) is 23.7. The molecule has 0 aliphatic heterocycles. The second kappa shape index (κ2) is 14.3. The number of benzene rings is 4. The molecule has 0 saturated heterocycles. The summed E-state index contributed by atoms with van der Waals surface area (Å²) in [5, 5.41) is 10.3. The lowest BCUT2D eigenvalue weighted by Crippen LogP contribution is -2.17. The molecule has 0 radical (unpaired) electrons. The van der Waals surface area contributed by atoms with Crippen LogP contribution in [0, 0.1) is 0 Å². The van der Waals surface area contributed by atoms with Gasteiger partial charge in [-0.3, -0.25) is 0 Å². The minimum absolute atomic E-state index is 0.723. The van der Waals surface area contributed by atoms with Crippen LogP contribution in [0.3, 0.4) is 0 Å². The minimum atomic E-state index is 0.723. The molecule has 0 bridgehead atoms. The summed E-state index contributed by atoms with van der Waals surface area (Å²) < 4.78 is 11.7. The molecule has 0 aliphatic rings. The summed E-state index contributed by atoms with van der Waals surface area (Å²) in [7, 11) is 0. The van der Waals surface area contributed by atoms with Crippen LogP contribution in [0.2, 0.25) is 0 Å². The molecule has 1 aromatic heterocycles. The summed E-state index contributed by atoms with van der Waals surface area (Å²) >= 11 is 1.73. The quantitative estimate of drug-likeness (QED) is 0.0893. The van der Waals surface area contributed by atoms with E-state index >= 15 is 0 Å². The van der Waals surface area contributed by atoms with Crippen LogP contribution in [0.5, 0.6) is 23.0 Å². The van der Waals surface area contributed by atoms with E-state index in [1.165, 1.54) is 11.1 Å². The first-order chi connectivity index (χ1) is 20.1. The highest BCUT2D eigenvalue weighted by molar-refractivity contribution is 7.09. The third kappa shape index (κ3) is 9.08. The summed E-state index contributed by atoms with van der Waals surface area (Å²) in [5.41, 5.74) is 16.5. The van der Waals surface area contributed by atoms with Gasteiger partial charge in [0.1, 0.15) is 23.0 Å². The molecule has 7 nitrogen and oxygen atoms in total. The molecule has 41 heavy (non-hydrogen) atoms. The number of rotatable bonds is 14. The number of hydrogen-bond acceptors (Lipinski definition) is 8. The second-order valence-corrected chi connectivity index (χ2v) is 10.7. The molecule has 0 aliphatic carbocycles. The molecule has 8 heteroatoms.